The molecule has 0 radical (unpaired) electrons. The lowest BCUT2D eigenvalue weighted by molar-refractivity contribution is -0.127. The van der Waals surface area contributed by atoms with Crippen LogP contribution in [0.4, 0.5) is 0 Å². The first kappa shape index (κ1) is 19.1. The monoisotopic (exact) mass is 381 g/mol. The van der Waals surface area contributed by atoms with Crippen molar-refractivity contribution >= 4 is 17.7 Å². The Morgan fingerprint density at radius 1 is 1.07 bits per heavy atom. The Morgan fingerprint density at radius 2 is 1.81 bits per heavy atom. The maximum absolute atomic E-state index is 12.5. The van der Waals surface area contributed by atoms with Gasteiger partial charge in [0.1, 0.15) is 0 Å². The molecular formula is C20H23N5OS. The van der Waals surface area contributed by atoms with Crippen molar-refractivity contribution < 1.29 is 4.79 Å². The van der Waals surface area contributed by atoms with Crippen LogP contribution in [0.2, 0.25) is 0 Å². The highest BCUT2D eigenvalue weighted by atomic mass is 32.2. The van der Waals surface area contributed by atoms with Gasteiger partial charge in [-0.25, -0.2) is 0 Å². The number of amides is 1. The number of rotatable bonds is 6. The second-order valence-corrected chi connectivity index (χ2v) is 7.50. The summed E-state index contributed by atoms with van der Waals surface area (Å²) in [7, 11) is 1.82. The molecule has 0 saturated heterocycles. The van der Waals surface area contributed by atoms with Crippen molar-refractivity contribution in [2.45, 2.75) is 32.5 Å². The van der Waals surface area contributed by atoms with Crippen LogP contribution in [0.1, 0.15) is 22.3 Å². The normalized spacial score (nSPS) is 10.8. The molecule has 0 aliphatic carbocycles. The molecule has 0 fully saturated rings. The number of carbonyl (C=O) groups is 1. The molecule has 0 saturated carbocycles. The quantitative estimate of drug-likeness (QED) is 0.613. The van der Waals surface area contributed by atoms with Crippen molar-refractivity contribution in [3.05, 3.63) is 64.7 Å². The fraction of sp³-hybridized carbons (Fsp3) is 0.300. The second-order valence-electron chi connectivity index (χ2n) is 6.56. The van der Waals surface area contributed by atoms with E-state index in [1.165, 1.54) is 22.9 Å². The fourth-order valence-electron chi connectivity index (χ4n) is 2.75. The summed E-state index contributed by atoms with van der Waals surface area (Å²) in [5.74, 6) is 0.326. The number of hydrogen-bond acceptors (Lipinski definition) is 5. The van der Waals surface area contributed by atoms with E-state index in [-0.39, 0.29) is 11.7 Å². The maximum Gasteiger partial charge on any atom is 0.233 e. The Labute approximate surface area is 163 Å². The summed E-state index contributed by atoms with van der Waals surface area (Å²) in [5.41, 5.74) is 5.56. The summed E-state index contributed by atoms with van der Waals surface area (Å²) >= 11 is 1.35. The van der Waals surface area contributed by atoms with Crippen LogP contribution in [0.25, 0.3) is 5.69 Å². The molecule has 6 nitrogen and oxygen atoms in total. The Hall–Kier alpha value is -2.67. The lowest BCUT2D eigenvalue weighted by Gasteiger charge is -2.18. The Morgan fingerprint density at radius 3 is 2.59 bits per heavy atom. The smallest absolute Gasteiger partial charge is 0.233 e. The molecule has 7 heteroatoms. The minimum absolute atomic E-state index is 0.0405. The summed E-state index contributed by atoms with van der Waals surface area (Å²) in [5, 5.41) is 12.6. The summed E-state index contributed by atoms with van der Waals surface area (Å²) in [6.45, 7) is 6.75. The van der Waals surface area contributed by atoms with Crippen molar-refractivity contribution in [1.29, 1.82) is 0 Å². The van der Waals surface area contributed by atoms with Crippen LogP contribution in [0.3, 0.4) is 0 Å². The number of nitrogens with zero attached hydrogens (tertiary/aromatic N) is 5. The van der Waals surface area contributed by atoms with Gasteiger partial charge < -0.3 is 4.90 Å². The average Bonchev–Trinajstić information content (AvgIpc) is 3.12. The third kappa shape index (κ3) is 4.36. The van der Waals surface area contributed by atoms with Gasteiger partial charge in [-0.15, -0.1) is 5.10 Å². The van der Waals surface area contributed by atoms with Crippen LogP contribution >= 0.6 is 11.8 Å². The van der Waals surface area contributed by atoms with Crippen LogP contribution in [0, 0.1) is 20.8 Å². The lowest BCUT2D eigenvalue weighted by atomic mass is 10.1. The van der Waals surface area contributed by atoms with Crippen molar-refractivity contribution in [3.8, 4) is 5.69 Å². The molecule has 1 heterocycles. The zero-order valence-electron chi connectivity index (χ0n) is 16.0. The summed E-state index contributed by atoms with van der Waals surface area (Å²) < 4.78 is 1.70. The van der Waals surface area contributed by atoms with E-state index in [1.807, 2.05) is 44.3 Å². The predicted octanol–water partition coefficient (Wildman–Crippen LogP) is 3.34. The average molecular weight is 382 g/mol. The number of carbonyl (C=O) groups excluding carboxylic acids is 1. The predicted molar refractivity (Wildman–Crippen MR) is 107 cm³/mol. The van der Waals surface area contributed by atoms with E-state index in [1.54, 1.807) is 9.58 Å². The molecular weight excluding hydrogens is 358 g/mol. The number of benzene rings is 2. The molecule has 0 N–H and O–H groups in total. The highest BCUT2D eigenvalue weighted by Gasteiger charge is 2.16. The Kier molecular flexibility index (Phi) is 5.91. The standard InChI is InChI=1S/C20H23N5OS/c1-14-9-7-11-18(16(14)3)25-20(21-22-23-25)27-13-19(26)24(4)12-17-10-6-5-8-15(17)2/h5-11H,12-13H2,1-4H3. The fourth-order valence-corrected chi connectivity index (χ4v) is 3.58. The molecule has 3 aromatic rings. The maximum atomic E-state index is 12.5. The molecule has 3 rings (SSSR count). The molecule has 0 atom stereocenters. The second kappa shape index (κ2) is 8.35. The molecule has 27 heavy (non-hydrogen) atoms. The molecule has 0 aliphatic rings. The van der Waals surface area contributed by atoms with Crippen LogP contribution in [-0.4, -0.2) is 43.8 Å². The van der Waals surface area contributed by atoms with Crippen molar-refractivity contribution in [1.82, 2.24) is 25.1 Å². The highest BCUT2D eigenvalue weighted by Crippen LogP contribution is 2.22. The van der Waals surface area contributed by atoms with Gasteiger partial charge in [-0.3, -0.25) is 4.79 Å². The van der Waals surface area contributed by atoms with Crippen LogP contribution in [-0.2, 0) is 11.3 Å². The van der Waals surface area contributed by atoms with E-state index >= 15 is 0 Å². The van der Waals surface area contributed by atoms with Crippen molar-refractivity contribution in [2.24, 2.45) is 0 Å². The SMILES string of the molecule is Cc1ccccc1CN(C)C(=O)CSc1nnnn1-c1cccc(C)c1C. The van der Waals surface area contributed by atoms with Crippen LogP contribution in [0.15, 0.2) is 47.6 Å². The van der Waals surface area contributed by atoms with Gasteiger partial charge in [0.25, 0.3) is 0 Å². The van der Waals surface area contributed by atoms with Gasteiger partial charge in [0.05, 0.1) is 11.4 Å². The van der Waals surface area contributed by atoms with Gasteiger partial charge in [0.2, 0.25) is 11.1 Å². The topological polar surface area (TPSA) is 63.9 Å². The van der Waals surface area contributed by atoms with Crippen LogP contribution in [0.5, 0.6) is 0 Å². The van der Waals surface area contributed by atoms with E-state index in [9.17, 15) is 4.79 Å². The number of aromatic nitrogens is 4. The first-order valence-corrected chi connectivity index (χ1v) is 9.72. The van der Waals surface area contributed by atoms with Crippen LogP contribution < -0.4 is 0 Å². The molecule has 0 spiro atoms. The molecule has 0 aliphatic heterocycles. The van der Waals surface area contributed by atoms with E-state index in [4.69, 9.17) is 0 Å². The van der Waals surface area contributed by atoms with Crippen molar-refractivity contribution in [3.63, 3.8) is 0 Å². The Balaban J connectivity index is 1.67. The third-order valence-electron chi connectivity index (χ3n) is 4.66. The highest BCUT2D eigenvalue weighted by molar-refractivity contribution is 7.99. The van der Waals surface area contributed by atoms with E-state index in [0.717, 1.165) is 16.8 Å². The number of tetrazole rings is 1. The number of thioether (sulfide) groups is 1. The molecule has 2 aromatic carbocycles. The summed E-state index contributed by atoms with van der Waals surface area (Å²) in [6, 6.07) is 14.1. The van der Waals surface area contributed by atoms with Gasteiger partial charge in [0.15, 0.2) is 0 Å². The number of hydrogen-bond donors (Lipinski definition) is 0. The third-order valence-corrected chi connectivity index (χ3v) is 5.57. The van der Waals surface area contributed by atoms with E-state index in [2.05, 4.69) is 41.5 Å². The van der Waals surface area contributed by atoms with Gasteiger partial charge >= 0.3 is 0 Å². The Bertz CT molecular complexity index is 953. The summed E-state index contributed by atoms with van der Waals surface area (Å²) in [6.07, 6.45) is 0. The zero-order chi connectivity index (χ0) is 19.4. The minimum Gasteiger partial charge on any atom is -0.341 e. The summed E-state index contributed by atoms with van der Waals surface area (Å²) in [4.78, 5) is 14.3. The lowest BCUT2D eigenvalue weighted by Crippen LogP contribution is -2.28. The van der Waals surface area contributed by atoms with Gasteiger partial charge in [0, 0.05) is 13.6 Å². The first-order valence-electron chi connectivity index (χ1n) is 8.73. The van der Waals surface area contributed by atoms with E-state index in [0.29, 0.717) is 11.7 Å². The first-order chi connectivity index (χ1) is 13.0. The number of aryl methyl sites for hydroxylation is 2. The minimum atomic E-state index is 0.0405. The molecule has 0 bridgehead atoms. The van der Waals surface area contributed by atoms with E-state index < -0.39 is 0 Å². The van der Waals surface area contributed by atoms with Gasteiger partial charge in [-0.2, -0.15) is 4.68 Å². The molecule has 1 aromatic heterocycles. The van der Waals surface area contributed by atoms with Crippen molar-refractivity contribution in [2.75, 3.05) is 12.8 Å². The molecule has 1 amide bonds. The van der Waals surface area contributed by atoms with Gasteiger partial charge in [-0.1, -0.05) is 48.2 Å². The molecule has 0 unspecified atom stereocenters. The largest absolute Gasteiger partial charge is 0.341 e. The van der Waals surface area contributed by atoms with Gasteiger partial charge in [-0.05, 0) is 59.5 Å². The molecule has 140 valence electrons. The zero-order valence-corrected chi connectivity index (χ0v) is 16.8.